The van der Waals surface area contributed by atoms with Crippen molar-refractivity contribution in [1.82, 2.24) is 20.6 Å². The zero-order valence-electron chi connectivity index (χ0n) is 18.6. The minimum atomic E-state index is -0.410. The first-order valence-corrected chi connectivity index (χ1v) is 10.9. The fourth-order valence-corrected chi connectivity index (χ4v) is 4.10. The first kappa shape index (κ1) is 23.6. The van der Waals surface area contributed by atoms with Crippen molar-refractivity contribution in [3.63, 3.8) is 0 Å². The summed E-state index contributed by atoms with van der Waals surface area (Å²) >= 11 is 0. The van der Waals surface area contributed by atoms with Gasteiger partial charge >= 0.3 is 0 Å². The molecule has 2 aliphatic heterocycles. The number of rotatable bonds is 8. The molecule has 2 heterocycles. The smallest absolute Gasteiger partial charge is 0.245 e. The summed E-state index contributed by atoms with van der Waals surface area (Å²) in [5.41, 5.74) is 2.38. The van der Waals surface area contributed by atoms with Crippen LogP contribution in [0.2, 0.25) is 0 Å². The highest BCUT2D eigenvalue weighted by Gasteiger charge is 2.39. The van der Waals surface area contributed by atoms with Crippen LogP contribution in [0.3, 0.4) is 0 Å². The molecule has 8 nitrogen and oxygen atoms in total. The summed E-state index contributed by atoms with van der Waals surface area (Å²) < 4.78 is 0. The first-order valence-electron chi connectivity index (χ1n) is 10.9. The van der Waals surface area contributed by atoms with E-state index < -0.39 is 6.04 Å². The van der Waals surface area contributed by atoms with Crippen molar-refractivity contribution in [2.24, 2.45) is 11.8 Å². The third-order valence-corrected chi connectivity index (χ3v) is 5.51. The van der Waals surface area contributed by atoms with Crippen LogP contribution in [0, 0.1) is 11.8 Å². The lowest BCUT2D eigenvalue weighted by atomic mass is 9.95. The van der Waals surface area contributed by atoms with E-state index in [2.05, 4.69) is 38.5 Å². The molecule has 2 fully saturated rings. The molecule has 3 amide bonds. The van der Waals surface area contributed by atoms with Crippen LogP contribution in [-0.4, -0.2) is 71.9 Å². The maximum absolute atomic E-state index is 13.4. The number of nitrogens with zero attached hydrogens (tertiary/aromatic N) is 2. The number of amides is 3. The van der Waals surface area contributed by atoms with Crippen molar-refractivity contribution in [2.45, 2.75) is 78.5 Å². The summed E-state index contributed by atoms with van der Waals surface area (Å²) in [5.74, 6) is 0.589. The number of hydrogen-bond donors (Lipinski definition) is 2. The molecule has 0 aromatic heterocycles. The standard InChI is InChI=1S/C21H38N4O4/c1-14(2)12-18-20(27)25(11-8-22-18)19(13-15(3)4)21(28)24-9-6-17(7-10-24)29-23-16(5)26/h14-15,17-19,22H,6-13H2,1-5H3,(H,23,26)/t18-,19?/m0/s1. The van der Waals surface area contributed by atoms with Crippen LogP contribution >= 0.6 is 0 Å². The molecule has 0 spiro atoms. The van der Waals surface area contributed by atoms with Gasteiger partial charge in [0.15, 0.2) is 0 Å². The Kier molecular flexibility index (Phi) is 8.89. The van der Waals surface area contributed by atoms with Gasteiger partial charge in [0.05, 0.1) is 12.1 Å². The fourth-order valence-electron chi connectivity index (χ4n) is 4.10. The highest BCUT2D eigenvalue weighted by Crippen LogP contribution is 2.22. The summed E-state index contributed by atoms with van der Waals surface area (Å²) in [6.07, 6.45) is 2.71. The largest absolute Gasteiger partial charge is 0.341 e. The van der Waals surface area contributed by atoms with Crippen LogP contribution in [-0.2, 0) is 19.2 Å². The van der Waals surface area contributed by atoms with Crippen LogP contribution < -0.4 is 10.8 Å². The Morgan fingerprint density at radius 1 is 1.14 bits per heavy atom. The van der Waals surface area contributed by atoms with E-state index in [1.807, 2.05) is 9.80 Å². The number of hydroxylamine groups is 1. The van der Waals surface area contributed by atoms with E-state index in [1.165, 1.54) is 6.92 Å². The monoisotopic (exact) mass is 410 g/mol. The van der Waals surface area contributed by atoms with E-state index in [0.717, 1.165) is 13.0 Å². The Morgan fingerprint density at radius 2 is 1.79 bits per heavy atom. The van der Waals surface area contributed by atoms with Gasteiger partial charge in [0, 0.05) is 33.1 Å². The third-order valence-electron chi connectivity index (χ3n) is 5.51. The molecule has 2 aliphatic rings. The zero-order valence-corrected chi connectivity index (χ0v) is 18.6. The number of hydrogen-bond acceptors (Lipinski definition) is 5. The molecule has 2 rings (SSSR count). The highest BCUT2D eigenvalue weighted by molar-refractivity contribution is 5.90. The van der Waals surface area contributed by atoms with Crippen molar-refractivity contribution in [3.8, 4) is 0 Å². The molecule has 0 aromatic rings. The van der Waals surface area contributed by atoms with Crippen LogP contribution in [0.1, 0.15) is 60.3 Å². The van der Waals surface area contributed by atoms with Gasteiger partial charge in [-0.25, -0.2) is 5.48 Å². The second-order valence-corrected chi connectivity index (χ2v) is 9.11. The first-order chi connectivity index (χ1) is 13.7. The van der Waals surface area contributed by atoms with Crippen molar-refractivity contribution < 1.29 is 19.2 Å². The van der Waals surface area contributed by atoms with Gasteiger partial charge in [-0.2, -0.15) is 0 Å². The molecular formula is C21H38N4O4. The SMILES string of the molecule is CC(=O)NOC1CCN(C(=O)C(CC(C)C)N2CCN[C@@H](CC(C)C)C2=O)CC1. The zero-order chi connectivity index (χ0) is 21.6. The molecule has 29 heavy (non-hydrogen) atoms. The third kappa shape index (κ3) is 6.96. The summed E-state index contributed by atoms with van der Waals surface area (Å²) in [6.45, 7) is 12.2. The van der Waals surface area contributed by atoms with Crippen molar-refractivity contribution in [1.29, 1.82) is 0 Å². The lowest BCUT2D eigenvalue weighted by molar-refractivity contribution is -0.152. The summed E-state index contributed by atoms with van der Waals surface area (Å²) in [6, 6.07) is -0.616. The minimum Gasteiger partial charge on any atom is -0.341 e. The van der Waals surface area contributed by atoms with E-state index in [1.54, 1.807) is 0 Å². The highest BCUT2D eigenvalue weighted by atomic mass is 16.7. The van der Waals surface area contributed by atoms with E-state index in [0.29, 0.717) is 50.7 Å². The Hall–Kier alpha value is -1.67. The summed E-state index contributed by atoms with van der Waals surface area (Å²) in [4.78, 5) is 46.5. The normalized spacial score (nSPS) is 22.3. The Labute approximate surface area is 174 Å². The molecule has 0 saturated carbocycles. The average molecular weight is 411 g/mol. The maximum Gasteiger partial charge on any atom is 0.245 e. The number of carbonyl (C=O) groups excluding carboxylic acids is 3. The van der Waals surface area contributed by atoms with Crippen LogP contribution in [0.4, 0.5) is 0 Å². The Balaban J connectivity index is 2.03. The second kappa shape index (κ2) is 10.9. The van der Waals surface area contributed by atoms with Crippen LogP contribution in [0.15, 0.2) is 0 Å². The molecule has 0 radical (unpaired) electrons. The number of likely N-dealkylation sites (tertiary alicyclic amines) is 1. The quantitative estimate of drug-likeness (QED) is 0.589. The minimum absolute atomic E-state index is 0.0372. The molecule has 2 N–H and O–H groups in total. The lowest BCUT2D eigenvalue weighted by Crippen LogP contribution is -2.62. The van der Waals surface area contributed by atoms with Gasteiger partial charge < -0.3 is 15.1 Å². The molecule has 2 atom stereocenters. The predicted octanol–water partition coefficient (Wildman–Crippen LogP) is 1.31. The van der Waals surface area contributed by atoms with E-state index >= 15 is 0 Å². The molecule has 8 heteroatoms. The number of piperidine rings is 1. The van der Waals surface area contributed by atoms with Crippen molar-refractivity contribution in [2.75, 3.05) is 26.2 Å². The molecule has 166 valence electrons. The molecule has 1 unspecified atom stereocenters. The number of piperazine rings is 1. The molecule has 2 saturated heterocycles. The van der Waals surface area contributed by atoms with Gasteiger partial charge in [-0.1, -0.05) is 27.7 Å². The Morgan fingerprint density at radius 3 is 2.34 bits per heavy atom. The van der Waals surface area contributed by atoms with Gasteiger partial charge in [-0.15, -0.1) is 0 Å². The van der Waals surface area contributed by atoms with Gasteiger partial charge in [-0.3, -0.25) is 19.2 Å². The van der Waals surface area contributed by atoms with Crippen molar-refractivity contribution >= 4 is 17.7 Å². The van der Waals surface area contributed by atoms with Crippen LogP contribution in [0.25, 0.3) is 0 Å². The second-order valence-electron chi connectivity index (χ2n) is 9.11. The Bertz CT molecular complexity index is 573. The van der Waals surface area contributed by atoms with E-state index in [4.69, 9.17) is 4.84 Å². The predicted molar refractivity (Wildman–Crippen MR) is 111 cm³/mol. The molecule has 0 aliphatic carbocycles. The van der Waals surface area contributed by atoms with E-state index in [9.17, 15) is 14.4 Å². The number of nitrogens with one attached hydrogen (secondary N) is 2. The molecule has 0 bridgehead atoms. The van der Waals surface area contributed by atoms with Gasteiger partial charge in [0.2, 0.25) is 17.7 Å². The topological polar surface area (TPSA) is 91.0 Å². The average Bonchev–Trinajstić information content (AvgIpc) is 2.66. The molecular weight excluding hydrogens is 372 g/mol. The summed E-state index contributed by atoms with van der Waals surface area (Å²) in [7, 11) is 0. The summed E-state index contributed by atoms with van der Waals surface area (Å²) in [5, 5.41) is 3.32. The lowest BCUT2D eigenvalue weighted by Gasteiger charge is -2.42. The van der Waals surface area contributed by atoms with Gasteiger partial charge in [-0.05, 0) is 37.5 Å². The van der Waals surface area contributed by atoms with Gasteiger partial charge in [0.25, 0.3) is 0 Å². The van der Waals surface area contributed by atoms with Gasteiger partial charge in [0.1, 0.15) is 6.04 Å². The van der Waals surface area contributed by atoms with Crippen molar-refractivity contribution in [3.05, 3.63) is 0 Å². The van der Waals surface area contributed by atoms with E-state index in [-0.39, 0.29) is 29.9 Å². The number of carbonyl (C=O) groups is 3. The fraction of sp³-hybridized carbons (Fsp3) is 0.857. The van der Waals surface area contributed by atoms with Crippen LogP contribution in [0.5, 0.6) is 0 Å². The molecule has 0 aromatic carbocycles. The maximum atomic E-state index is 13.4.